The van der Waals surface area contributed by atoms with Crippen LogP contribution in [0, 0.1) is 4.77 Å². The van der Waals surface area contributed by atoms with E-state index in [2.05, 4.69) is 10.2 Å². The van der Waals surface area contributed by atoms with Gasteiger partial charge >= 0.3 is 0 Å². The van der Waals surface area contributed by atoms with Crippen molar-refractivity contribution >= 4 is 12.2 Å². The summed E-state index contributed by atoms with van der Waals surface area (Å²) in [5.41, 5.74) is 0. The molecule has 0 unspecified atom stereocenters. The largest absolute Gasteiger partial charge is 0.298 e. The summed E-state index contributed by atoms with van der Waals surface area (Å²) in [5, 5.41) is 6.49. The van der Waals surface area contributed by atoms with Crippen LogP contribution in [0.3, 0.4) is 0 Å². The third-order valence-electron chi connectivity index (χ3n) is 2.05. The van der Waals surface area contributed by atoms with Crippen LogP contribution in [0.2, 0.25) is 0 Å². The van der Waals surface area contributed by atoms with Crippen molar-refractivity contribution < 1.29 is 8.78 Å². The van der Waals surface area contributed by atoms with Crippen LogP contribution in [0.5, 0.6) is 0 Å². The molecule has 0 aromatic carbocycles. The van der Waals surface area contributed by atoms with Gasteiger partial charge in [0.1, 0.15) is 5.82 Å². The quantitative estimate of drug-likeness (QED) is 0.766. The predicted molar refractivity (Wildman–Crippen MR) is 45.4 cm³/mol. The van der Waals surface area contributed by atoms with Gasteiger partial charge in [0.05, 0.1) is 6.54 Å². The number of rotatable bonds is 3. The Balaban J connectivity index is 2.29. The summed E-state index contributed by atoms with van der Waals surface area (Å²) in [6, 6.07) is 0. The van der Waals surface area contributed by atoms with Crippen molar-refractivity contribution in [3.8, 4) is 0 Å². The summed E-state index contributed by atoms with van der Waals surface area (Å²) in [4.78, 5) is 0. The molecule has 1 N–H and O–H groups in total. The molecule has 0 radical (unpaired) electrons. The molecule has 1 aromatic rings. The van der Waals surface area contributed by atoms with Gasteiger partial charge in [0, 0.05) is 5.92 Å². The Kier molecular flexibility index (Phi) is 2.15. The first-order valence-corrected chi connectivity index (χ1v) is 4.52. The smallest absolute Gasteiger partial charge is 0.256 e. The van der Waals surface area contributed by atoms with Crippen molar-refractivity contribution in [2.45, 2.75) is 31.7 Å². The average molecular weight is 205 g/mol. The Bertz CT molecular complexity index is 353. The number of aromatic amines is 1. The molecule has 0 atom stereocenters. The van der Waals surface area contributed by atoms with Gasteiger partial charge in [0.25, 0.3) is 6.43 Å². The lowest BCUT2D eigenvalue weighted by molar-refractivity contribution is 0.125. The minimum Gasteiger partial charge on any atom is -0.298 e. The van der Waals surface area contributed by atoms with Crippen LogP contribution in [0.25, 0.3) is 0 Å². The maximum absolute atomic E-state index is 12.1. The number of halogens is 2. The zero-order valence-electron chi connectivity index (χ0n) is 6.83. The van der Waals surface area contributed by atoms with Gasteiger partial charge in [-0.15, -0.1) is 0 Å². The molecule has 1 saturated carbocycles. The molecule has 3 nitrogen and oxygen atoms in total. The average Bonchev–Trinajstić information content (AvgIpc) is 2.81. The molecule has 13 heavy (non-hydrogen) atoms. The second-order valence-electron chi connectivity index (χ2n) is 3.16. The van der Waals surface area contributed by atoms with E-state index in [9.17, 15) is 8.78 Å². The second-order valence-corrected chi connectivity index (χ2v) is 3.55. The summed E-state index contributed by atoms with van der Waals surface area (Å²) < 4.78 is 26.0. The van der Waals surface area contributed by atoms with E-state index in [0.717, 1.165) is 12.8 Å². The number of alkyl halides is 2. The van der Waals surface area contributed by atoms with Crippen molar-refractivity contribution in [2.24, 2.45) is 0 Å². The van der Waals surface area contributed by atoms with Crippen LogP contribution in [-0.4, -0.2) is 21.2 Å². The molecule has 1 aliphatic carbocycles. The first kappa shape index (κ1) is 8.80. The normalized spacial score (nSPS) is 16.8. The van der Waals surface area contributed by atoms with Gasteiger partial charge in [-0.1, -0.05) is 0 Å². The van der Waals surface area contributed by atoms with E-state index in [1.807, 2.05) is 0 Å². The summed E-state index contributed by atoms with van der Waals surface area (Å²) in [5.74, 6) is 1.03. The van der Waals surface area contributed by atoms with Gasteiger partial charge in [-0.3, -0.25) is 9.67 Å². The molecule has 1 heterocycles. The number of nitrogens with zero attached hydrogens (tertiary/aromatic N) is 2. The third kappa shape index (κ3) is 1.77. The lowest BCUT2D eigenvalue weighted by atomic mass is 10.4. The highest BCUT2D eigenvalue weighted by Crippen LogP contribution is 2.38. The maximum Gasteiger partial charge on any atom is 0.256 e. The fraction of sp³-hybridized carbons (Fsp3) is 0.714. The van der Waals surface area contributed by atoms with E-state index in [4.69, 9.17) is 12.2 Å². The predicted octanol–water partition coefficient (Wildman–Crippen LogP) is 2.08. The molecule has 0 bridgehead atoms. The van der Waals surface area contributed by atoms with E-state index >= 15 is 0 Å². The molecule has 1 aliphatic rings. The van der Waals surface area contributed by atoms with Crippen LogP contribution in [-0.2, 0) is 6.54 Å². The van der Waals surface area contributed by atoms with Gasteiger partial charge in [0.15, 0.2) is 4.77 Å². The Morgan fingerprint density at radius 2 is 2.31 bits per heavy atom. The first-order valence-electron chi connectivity index (χ1n) is 4.11. The van der Waals surface area contributed by atoms with Crippen molar-refractivity contribution in [3.63, 3.8) is 0 Å². The number of nitrogens with one attached hydrogen (secondary N) is 1. The number of aromatic nitrogens is 3. The molecule has 6 heteroatoms. The summed E-state index contributed by atoms with van der Waals surface area (Å²) in [7, 11) is 0. The monoisotopic (exact) mass is 205 g/mol. The van der Waals surface area contributed by atoms with Gasteiger partial charge in [-0.05, 0) is 25.1 Å². The standard InChI is InChI=1S/C7H9F2N3S/c8-5(9)3-12-6(4-1-2-4)10-11-7(12)13/h4-5H,1-3H2,(H,11,13). The fourth-order valence-electron chi connectivity index (χ4n) is 1.30. The fourth-order valence-corrected chi connectivity index (χ4v) is 1.51. The summed E-state index contributed by atoms with van der Waals surface area (Å²) >= 11 is 4.85. The number of hydrogen-bond donors (Lipinski definition) is 1. The minimum absolute atomic E-state index is 0.294. The van der Waals surface area contributed by atoms with Crippen molar-refractivity contribution in [2.75, 3.05) is 0 Å². The Hall–Kier alpha value is -0.780. The Labute approximate surface area is 78.8 Å². The molecular formula is C7H9F2N3S. The molecule has 1 aromatic heterocycles. The molecule has 2 rings (SSSR count). The van der Waals surface area contributed by atoms with Crippen LogP contribution >= 0.6 is 12.2 Å². The van der Waals surface area contributed by atoms with Gasteiger partial charge in [-0.25, -0.2) is 8.78 Å². The highest BCUT2D eigenvalue weighted by Gasteiger charge is 2.29. The zero-order valence-corrected chi connectivity index (χ0v) is 7.65. The lowest BCUT2D eigenvalue weighted by Gasteiger charge is -2.03. The van der Waals surface area contributed by atoms with Crippen LogP contribution < -0.4 is 0 Å². The molecule has 1 fully saturated rings. The van der Waals surface area contributed by atoms with E-state index in [-0.39, 0.29) is 6.54 Å². The molecule has 72 valence electrons. The van der Waals surface area contributed by atoms with Gasteiger partial charge in [0.2, 0.25) is 0 Å². The molecule has 0 amide bonds. The molecule has 0 spiro atoms. The van der Waals surface area contributed by atoms with Crippen molar-refractivity contribution in [1.29, 1.82) is 0 Å². The highest BCUT2D eigenvalue weighted by atomic mass is 32.1. The number of hydrogen-bond acceptors (Lipinski definition) is 2. The molecule has 0 aliphatic heterocycles. The van der Waals surface area contributed by atoms with Gasteiger partial charge < -0.3 is 0 Å². The summed E-state index contributed by atoms with van der Waals surface area (Å²) in [6.07, 6.45) is -0.312. The van der Waals surface area contributed by atoms with E-state index in [0.29, 0.717) is 16.5 Å². The zero-order chi connectivity index (χ0) is 9.42. The highest BCUT2D eigenvalue weighted by molar-refractivity contribution is 7.71. The van der Waals surface area contributed by atoms with Crippen molar-refractivity contribution in [3.05, 3.63) is 10.6 Å². The van der Waals surface area contributed by atoms with Crippen molar-refractivity contribution in [1.82, 2.24) is 14.8 Å². The third-order valence-corrected chi connectivity index (χ3v) is 2.36. The van der Waals surface area contributed by atoms with Crippen LogP contribution in [0.4, 0.5) is 8.78 Å². The van der Waals surface area contributed by atoms with Gasteiger partial charge in [-0.2, -0.15) is 5.10 Å². The van der Waals surface area contributed by atoms with E-state index in [1.54, 1.807) is 0 Å². The maximum atomic E-state index is 12.1. The lowest BCUT2D eigenvalue weighted by Crippen LogP contribution is -2.09. The topological polar surface area (TPSA) is 33.6 Å². The number of H-pyrrole nitrogens is 1. The minimum atomic E-state index is -2.37. The summed E-state index contributed by atoms with van der Waals surface area (Å²) in [6.45, 7) is -0.346. The van der Waals surface area contributed by atoms with Crippen LogP contribution in [0.15, 0.2) is 0 Å². The first-order chi connectivity index (χ1) is 6.18. The van der Waals surface area contributed by atoms with Crippen LogP contribution in [0.1, 0.15) is 24.6 Å². The SMILES string of the molecule is FC(F)Cn1c(C2CC2)n[nH]c1=S. The van der Waals surface area contributed by atoms with E-state index in [1.165, 1.54) is 4.57 Å². The van der Waals surface area contributed by atoms with E-state index < -0.39 is 6.43 Å². The Morgan fingerprint density at radius 3 is 2.85 bits per heavy atom. The second kappa shape index (κ2) is 3.17. The molecular weight excluding hydrogens is 196 g/mol. The molecule has 0 saturated heterocycles. The Morgan fingerprint density at radius 1 is 1.62 bits per heavy atom.